The van der Waals surface area contributed by atoms with Crippen LogP contribution in [0.4, 0.5) is 0 Å². The number of carboxylic acid groups (broad SMARTS) is 1. The standard InChI is InChI=1S/C15H13BrN2O4S/c16-13-7-6-12(22-13)15(21)18-17-11(8-23-9-14(19)20)10-4-2-1-3-5-10/h1-7H,8-9H2,(H,18,21)(H,19,20)/b17-11+. The Labute approximate surface area is 145 Å². The molecule has 0 aliphatic rings. The quantitative estimate of drug-likeness (QED) is 0.554. The Kier molecular flexibility index (Phi) is 6.42. The molecule has 1 heterocycles. The molecule has 1 amide bonds. The van der Waals surface area contributed by atoms with Crippen molar-refractivity contribution in [2.24, 2.45) is 5.10 Å². The van der Waals surface area contributed by atoms with Gasteiger partial charge in [0, 0.05) is 5.75 Å². The normalized spacial score (nSPS) is 11.3. The highest BCUT2D eigenvalue weighted by Crippen LogP contribution is 2.14. The fourth-order valence-electron chi connectivity index (χ4n) is 1.66. The smallest absolute Gasteiger partial charge is 0.313 e. The summed E-state index contributed by atoms with van der Waals surface area (Å²) < 4.78 is 5.60. The van der Waals surface area contributed by atoms with Crippen LogP contribution in [0.15, 0.2) is 56.7 Å². The third-order valence-electron chi connectivity index (χ3n) is 2.66. The Morgan fingerprint density at radius 2 is 1.91 bits per heavy atom. The maximum Gasteiger partial charge on any atom is 0.313 e. The molecule has 23 heavy (non-hydrogen) atoms. The number of thioether (sulfide) groups is 1. The van der Waals surface area contributed by atoms with E-state index in [1.807, 2.05) is 30.3 Å². The largest absolute Gasteiger partial charge is 0.481 e. The minimum absolute atomic E-state index is 0.0368. The van der Waals surface area contributed by atoms with Crippen LogP contribution in [0.3, 0.4) is 0 Å². The van der Waals surface area contributed by atoms with Crippen molar-refractivity contribution in [3.8, 4) is 0 Å². The van der Waals surface area contributed by atoms with Crippen molar-refractivity contribution in [1.82, 2.24) is 5.43 Å². The number of nitrogens with one attached hydrogen (secondary N) is 1. The van der Waals surface area contributed by atoms with Crippen molar-refractivity contribution < 1.29 is 19.1 Å². The Bertz CT molecular complexity index is 715. The van der Waals surface area contributed by atoms with Gasteiger partial charge in [-0.15, -0.1) is 11.8 Å². The molecule has 0 bridgehead atoms. The molecule has 0 unspecified atom stereocenters. The number of hydrogen-bond acceptors (Lipinski definition) is 5. The lowest BCUT2D eigenvalue weighted by Crippen LogP contribution is -2.20. The molecule has 1 aromatic heterocycles. The fourth-order valence-corrected chi connectivity index (χ4v) is 2.66. The van der Waals surface area contributed by atoms with Crippen molar-refractivity contribution in [3.05, 3.63) is 58.5 Å². The first-order valence-corrected chi connectivity index (χ1v) is 8.48. The molecule has 0 radical (unpaired) electrons. The highest BCUT2D eigenvalue weighted by Gasteiger charge is 2.11. The highest BCUT2D eigenvalue weighted by atomic mass is 79.9. The van der Waals surface area contributed by atoms with Crippen LogP contribution in [-0.2, 0) is 4.79 Å². The van der Waals surface area contributed by atoms with Gasteiger partial charge in [0.05, 0.1) is 11.5 Å². The summed E-state index contributed by atoms with van der Waals surface area (Å²) in [5.41, 5.74) is 3.81. The van der Waals surface area contributed by atoms with Gasteiger partial charge in [-0.25, -0.2) is 5.43 Å². The van der Waals surface area contributed by atoms with E-state index in [9.17, 15) is 9.59 Å². The van der Waals surface area contributed by atoms with Gasteiger partial charge in [0.2, 0.25) is 0 Å². The molecular formula is C15H13BrN2O4S. The maximum atomic E-state index is 11.9. The lowest BCUT2D eigenvalue weighted by atomic mass is 10.1. The lowest BCUT2D eigenvalue weighted by Gasteiger charge is -2.06. The number of carboxylic acids is 1. The average molecular weight is 397 g/mol. The van der Waals surface area contributed by atoms with Crippen LogP contribution in [0.5, 0.6) is 0 Å². The monoisotopic (exact) mass is 396 g/mol. The van der Waals surface area contributed by atoms with Gasteiger partial charge in [0.1, 0.15) is 0 Å². The predicted molar refractivity (Wildman–Crippen MR) is 91.8 cm³/mol. The number of hydrogen-bond donors (Lipinski definition) is 2. The third kappa shape index (κ3) is 5.57. The van der Waals surface area contributed by atoms with Crippen LogP contribution in [0.1, 0.15) is 16.1 Å². The Balaban J connectivity index is 2.09. The fraction of sp³-hybridized carbons (Fsp3) is 0.133. The molecule has 8 heteroatoms. The predicted octanol–water partition coefficient (Wildman–Crippen LogP) is 2.99. The van der Waals surface area contributed by atoms with Crippen LogP contribution in [0, 0.1) is 0 Å². The first-order valence-electron chi connectivity index (χ1n) is 6.53. The second kappa shape index (κ2) is 8.54. The number of benzene rings is 1. The van der Waals surface area contributed by atoms with E-state index < -0.39 is 11.9 Å². The van der Waals surface area contributed by atoms with E-state index >= 15 is 0 Å². The van der Waals surface area contributed by atoms with Crippen molar-refractivity contribution >= 4 is 45.3 Å². The number of amides is 1. The Hall–Kier alpha value is -2.06. The van der Waals surface area contributed by atoms with Gasteiger partial charge in [-0.2, -0.15) is 5.10 Å². The van der Waals surface area contributed by atoms with E-state index in [1.54, 1.807) is 6.07 Å². The molecule has 0 aliphatic carbocycles. The molecule has 120 valence electrons. The molecular weight excluding hydrogens is 384 g/mol. The Morgan fingerprint density at radius 1 is 1.17 bits per heavy atom. The summed E-state index contributed by atoms with van der Waals surface area (Å²) in [5.74, 6) is -0.922. The van der Waals surface area contributed by atoms with Crippen molar-refractivity contribution in [2.45, 2.75) is 0 Å². The van der Waals surface area contributed by atoms with E-state index in [1.165, 1.54) is 17.8 Å². The molecule has 2 aromatic rings. The molecule has 0 aliphatic heterocycles. The molecule has 0 fully saturated rings. The van der Waals surface area contributed by atoms with Crippen molar-refractivity contribution in [2.75, 3.05) is 11.5 Å². The zero-order chi connectivity index (χ0) is 16.7. The van der Waals surface area contributed by atoms with Gasteiger partial charge >= 0.3 is 11.9 Å². The molecule has 2 rings (SSSR count). The number of carbonyl (C=O) groups excluding carboxylic acids is 1. The average Bonchev–Trinajstić information content (AvgIpc) is 2.97. The van der Waals surface area contributed by atoms with Crippen molar-refractivity contribution in [3.63, 3.8) is 0 Å². The molecule has 0 saturated heterocycles. The van der Waals surface area contributed by atoms with E-state index in [2.05, 4.69) is 26.5 Å². The number of hydrazone groups is 1. The minimum Gasteiger partial charge on any atom is -0.481 e. The second-order valence-corrected chi connectivity index (χ2v) is 6.12. The molecule has 0 spiro atoms. The summed E-state index contributed by atoms with van der Waals surface area (Å²) in [6.45, 7) is 0. The Morgan fingerprint density at radius 3 is 2.52 bits per heavy atom. The number of halogens is 1. The van der Waals surface area contributed by atoms with Gasteiger partial charge in [-0.05, 0) is 33.6 Å². The second-order valence-electron chi connectivity index (χ2n) is 4.36. The van der Waals surface area contributed by atoms with Gasteiger partial charge in [0.15, 0.2) is 10.4 Å². The molecule has 0 saturated carbocycles. The maximum absolute atomic E-state index is 11.9. The molecule has 2 N–H and O–H groups in total. The van der Waals surface area contributed by atoms with E-state index in [-0.39, 0.29) is 11.5 Å². The summed E-state index contributed by atoms with van der Waals surface area (Å²) in [4.78, 5) is 22.6. The number of furan rings is 1. The van der Waals surface area contributed by atoms with Gasteiger partial charge in [-0.1, -0.05) is 30.3 Å². The van der Waals surface area contributed by atoms with Crippen molar-refractivity contribution in [1.29, 1.82) is 0 Å². The van der Waals surface area contributed by atoms with Crippen LogP contribution >= 0.6 is 27.7 Å². The zero-order valence-electron chi connectivity index (χ0n) is 11.9. The van der Waals surface area contributed by atoms with E-state index in [0.29, 0.717) is 16.1 Å². The minimum atomic E-state index is -0.896. The first kappa shape index (κ1) is 17.3. The molecule has 6 nitrogen and oxygen atoms in total. The number of carbonyl (C=O) groups is 2. The summed E-state index contributed by atoms with van der Waals surface area (Å²) in [6, 6.07) is 12.4. The lowest BCUT2D eigenvalue weighted by molar-refractivity contribution is -0.133. The number of rotatable bonds is 7. The van der Waals surface area contributed by atoms with E-state index in [0.717, 1.165) is 5.56 Å². The summed E-state index contributed by atoms with van der Waals surface area (Å²) in [7, 11) is 0. The van der Waals surface area contributed by atoms with E-state index in [4.69, 9.17) is 9.52 Å². The number of aliphatic carboxylic acids is 1. The molecule has 0 atom stereocenters. The van der Waals surface area contributed by atoms with Crippen LogP contribution < -0.4 is 5.43 Å². The highest BCUT2D eigenvalue weighted by molar-refractivity contribution is 9.10. The molecule has 1 aromatic carbocycles. The third-order valence-corrected chi connectivity index (χ3v) is 4.02. The number of nitrogens with zero attached hydrogens (tertiary/aromatic N) is 1. The first-order chi connectivity index (χ1) is 11.1. The zero-order valence-corrected chi connectivity index (χ0v) is 14.3. The van der Waals surface area contributed by atoms with Crippen LogP contribution in [-0.4, -0.2) is 34.2 Å². The topological polar surface area (TPSA) is 91.9 Å². The van der Waals surface area contributed by atoms with Gasteiger partial charge < -0.3 is 9.52 Å². The van der Waals surface area contributed by atoms with Gasteiger partial charge in [0.25, 0.3) is 0 Å². The summed E-state index contributed by atoms with van der Waals surface area (Å²) in [6.07, 6.45) is 0. The SMILES string of the molecule is O=C(O)CSC/C(=N\NC(=O)c1ccc(Br)o1)c1ccccc1. The summed E-state index contributed by atoms with van der Waals surface area (Å²) in [5, 5.41) is 12.8. The van der Waals surface area contributed by atoms with Crippen LogP contribution in [0.25, 0.3) is 0 Å². The van der Waals surface area contributed by atoms with Crippen LogP contribution in [0.2, 0.25) is 0 Å². The van der Waals surface area contributed by atoms with Gasteiger partial charge in [-0.3, -0.25) is 9.59 Å². The summed E-state index contributed by atoms with van der Waals surface area (Å²) >= 11 is 4.33.